The van der Waals surface area contributed by atoms with E-state index in [9.17, 15) is 30.1 Å². The number of fused-ring (bicyclic) bond motifs is 1. The highest BCUT2D eigenvalue weighted by Crippen LogP contribution is 2.47. The van der Waals surface area contributed by atoms with Crippen molar-refractivity contribution in [3.8, 4) is 0 Å². The van der Waals surface area contributed by atoms with E-state index in [1.165, 1.54) is 0 Å². The molecule has 4 fully saturated rings. The van der Waals surface area contributed by atoms with E-state index in [2.05, 4.69) is 20.7 Å². The lowest BCUT2D eigenvalue weighted by Crippen LogP contribution is -2.72. The first-order chi connectivity index (χ1) is 29.1. The summed E-state index contributed by atoms with van der Waals surface area (Å²) in [6, 6.07) is 24.3. The van der Waals surface area contributed by atoms with E-state index in [0.717, 1.165) is 36.0 Å². The first kappa shape index (κ1) is 42.7. The van der Waals surface area contributed by atoms with Crippen LogP contribution in [0.15, 0.2) is 96.1 Å². The Morgan fingerprint density at radius 3 is 2.02 bits per heavy atom. The van der Waals surface area contributed by atoms with Crippen molar-refractivity contribution in [2.24, 2.45) is 5.11 Å². The number of azide groups is 1. The molecular formula is C43H52N6O11. The Morgan fingerprint density at radius 2 is 1.40 bits per heavy atom. The van der Waals surface area contributed by atoms with Crippen LogP contribution in [-0.4, -0.2) is 100 Å². The molecule has 3 amide bonds. The second-order valence-corrected chi connectivity index (χ2v) is 15.7. The maximum atomic E-state index is 13.9. The molecular weight excluding hydrogens is 777 g/mol. The lowest BCUT2D eigenvalue weighted by molar-refractivity contribution is -0.267. The van der Waals surface area contributed by atoms with Crippen molar-refractivity contribution in [2.75, 3.05) is 0 Å². The monoisotopic (exact) mass is 828 g/mol. The van der Waals surface area contributed by atoms with Gasteiger partial charge in [0.25, 0.3) is 0 Å². The fourth-order valence-corrected chi connectivity index (χ4v) is 8.84. The molecule has 3 aromatic rings. The van der Waals surface area contributed by atoms with Gasteiger partial charge < -0.3 is 49.3 Å². The summed E-state index contributed by atoms with van der Waals surface area (Å²) in [5, 5.41) is 29.5. The lowest BCUT2D eigenvalue weighted by atomic mass is 9.81. The van der Waals surface area contributed by atoms with Gasteiger partial charge in [-0.3, -0.25) is 4.90 Å². The average molecular weight is 829 g/mol. The zero-order chi connectivity index (χ0) is 42.1. The van der Waals surface area contributed by atoms with Crippen molar-refractivity contribution in [2.45, 2.75) is 138 Å². The molecule has 17 nitrogen and oxygen atoms in total. The number of nitrogens with one attached hydrogen (secondary N) is 2. The third kappa shape index (κ3) is 10.3. The molecule has 2 saturated carbocycles. The quantitative estimate of drug-likeness (QED) is 0.0729. The first-order valence-corrected chi connectivity index (χ1v) is 20.5. The van der Waals surface area contributed by atoms with E-state index >= 15 is 0 Å². The van der Waals surface area contributed by atoms with Gasteiger partial charge in [0.1, 0.15) is 31.0 Å². The molecule has 1 unspecified atom stereocenters. The summed E-state index contributed by atoms with van der Waals surface area (Å²) < 4.78 is 39.2. The van der Waals surface area contributed by atoms with Gasteiger partial charge in [-0.25, -0.2) is 14.4 Å². The van der Waals surface area contributed by atoms with E-state index in [-0.39, 0.29) is 19.8 Å². The molecule has 3 aromatic carbocycles. The summed E-state index contributed by atoms with van der Waals surface area (Å²) in [5.41, 5.74) is 12.1. The van der Waals surface area contributed by atoms with Gasteiger partial charge in [-0.2, -0.15) is 0 Å². The van der Waals surface area contributed by atoms with Crippen molar-refractivity contribution < 1.29 is 53.0 Å². The normalized spacial score (nSPS) is 28.6. The fourth-order valence-electron chi connectivity index (χ4n) is 8.84. The number of rotatable bonds is 14. The van der Waals surface area contributed by atoms with Crippen molar-refractivity contribution in [3.05, 3.63) is 118 Å². The van der Waals surface area contributed by atoms with Crippen LogP contribution in [0.4, 0.5) is 14.4 Å². The molecule has 2 aliphatic heterocycles. The summed E-state index contributed by atoms with van der Waals surface area (Å²) in [7, 11) is 0. The van der Waals surface area contributed by atoms with Crippen LogP contribution in [0, 0.1) is 0 Å². The molecule has 1 spiro atoms. The van der Waals surface area contributed by atoms with Gasteiger partial charge in [0, 0.05) is 24.3 Å². The number of carbonyl (C=O) groups excluding carboxylic acids is 1. The number of hydrogen-bond acceptors (Lipinski definition) is 10. The van der Waals surface area contributed by atoms with Gasteiger partial charge in [0.2, 0.25) is 0 Å². The van der Waals surface area contributed by atoms with Crippen LogP contribution in [0.1, 0.15) is 68.6 Å². The summed E-state index contributed by atoms with van der Waals surface area (Å²) in [6.45, 7) is 2.13. The molecule has 2 heterocycles. The van der Waals surface area contributed by atoms with Gasteiger partial charge in [-0.1, -0.05) is 103 Å². The number of carboxylic acid groups (broad SMARTS) is 2. The van der Waals surface area contributed by atoms with Gasteiger partial charge in [0.15, 0.2) is 12.1 Å². The van der Waals surface area contributed by atoms with E-state index < -0.39 is 85.0 Å². The maximum absolute atomic E-state index is 13.9. The number of hydrogen-bond donors (Lipinski definition) is 4. The summed E-state index contributed by atoms with van der Waals surface area (Å²) in [4.78, 5) is 43.6. The largest absolute Gasteiger partial charge is 0.465 e. The molecule has 0 aromatic heterocycles. The van der Waals surface area contributed by atoms with Crippen LogP contribution in [0.2, 0.25) is 0 Å². The third-order valence-electron chi connectivity index (χ3n) is 11.8. The van der Waals surface area contributed by atoms with Gasteiger partial charge >= 0.3 is 18.3 Å². The van der Waals surface area contributed by atoms with Crippen LogP contribution in [0.3, 0.4) is 0 Å². The zero-order valence-corrected chi connectivity index (χ0v) is 33.4. The SMILES string of the molecule is CC([C@@H]1CC[C@@H](N=[N+]=[N-])[C@@H](O[C@@H]2[C@@H](NC(=O)O)[C@H](OCc3ccccc3)[C@@H](NC(=O)O)[C@@H]3OC4(CCCCC4)O[C@@H]23)O1)N(Cc1ccccc1)C(=O)OCc1ccccc1. The van der Waals surface area contributed by atoms with E-state index in [4.69, 9.17) is 28.4 Å². The molecule has 0 radical (unpaired) electrons. The minimum atomic E-state index is -1.41. The fraction of sp³-hybridized carbons (Fsp3) is 0.512. The number of benzene rings is 3. The maximum Gasteiger partial charge on any atom is 0.410 e. The Kier molecular flexibility index (Phi) is 14.1. The first-order valence-electron chi connectivity index (χ1n) is 20.5. The molecule has 10 atom stereocenters. The zero-order valence-electron chi connectivity index (χ0n) is 33.4. The predicted molar refractivity (Wildman–Crippen MR) is 214 cm³/mol. The molecule has 320 valence electrons. The summed E-state index contributed by atoms with van der Waals surface area (Å²) >= 11 is 0. The van der Waals surface area contributed by atoms with Gasteiger partial charge in [-0.15, -0.1) is 0 Å². The molecule has 4 aliphatic rings. The van der Waals surface area contributed by atoms with Crippen molar-refractivity contribution in [3.63, 3.8) is 0 Å². The number of nitrogens with zero attached hydrogens (tertiary/aromatic N) is 4. The smallest absolute Gasteiger partial charge is 0.410 e. The molecule has 2 aliphatic carbocycles. The molecule has 60 heavy (non-hydrogen) atoms. The Morgan fingerprint density at radius 1 is 0.817 bits per heavy atom. The van der Waals surface area contributed by atoms with Crippen molar-refractivity contribution in [1.82, 2.24) is 15.5 Å². The molecule has 7 rings (SSSR count). The average Bonchev–Trinajstić information content (AvgIpc) is 3.62. The topological polar surface area (TPSA) is 223 Å². The Bertz CT molecular complexity index is 1940. The van der Waals surface area contributed by atoms with Crippen molar-refractivity contribution >= 4 is 18.3 Å². The minimum Gasteiger partial charge on any atom is -0.465 e. The number of amides is 3. The van der Waals surface area contributed by atoms with Gasteiger partial charge in [0.05, 0.1) is 36.9 Å². The van der Waals surface area contributed by atoms with Crippen molar-refractivity contribution in [1.29, 1.82) is 0 Å². The highest BCUT2D eigenvalue weighted by atomic mass is 16.8. The van der Waals surface area contributed by atoms with E-state index in [1.807, 2.05) is 97.9 Å². The van der Waals surface area contributed by atoms with E-state index in [0.29, 0.717) is 25.7 Å². The predicted octanol–water partition coefficient (Wildman–Crippen LogP) is 7.10. The standard InChI is InChI=1S/C43H52N6O11/c1-27(49(24-28-14-6-2-7-15-28)42(54)56-26-30-18-10-4-11-19-30)32-21-20-31(47-48-44)39(57-32)58-36-33(45-40(50)51)35(55-25-29-16-8-3-9-17-29)34(46-41(52)53)37-38(36)60-43(59-37)22-12-5-13-23-43/h2-4,6-11,14-19,27,31-39,45-46H,5,12-13,20-26H2,1H3,(H,50,51)(H,52,53)/t27?,31-,32+,33+,34-,35+,36-,37+,38+,39-/m1/s1. The summed E-state index contributed by atoms with van der Waals surface area (Å²) in [6.07, 6.45) is -5.21. The second-order valence-electron chi connectivity index (χ2n) is 15.7. The van der Waals surface area contributed by atoms with Crippen LogP contribution >= 0.6 is 0 Å². The minimum absolute atomic E-state index is 0.00962. The lowest BCUT2D eigenvalue weighted by Gasteiger charge is -2.49. The van der Waals surface area contributed by atoms with Crippen LogP contribution in [0.25, 0.3) is 10.4 Å². The van der Waals surface area contributed by atoms with Crippen LogP contribution in [0.5, 0.6) is 0 Å². The van der Waals surface area contributed by atoms with Crippen LogP contribution < -0.4 is 10.6 Å². The second kappa shape index (κ2) is 19.8. The Labute approximate surface area is 347 Å². The molecule has 17 heteroatoms. The molecule has 2 saturated heterocycles. The summed E-state index contributed by atoms with van der Waals surface area (Å²) in [5.74, 6) is -1.07. The van der Waals surface area contributed by atoms with Crippen LogP contribution in [-0.2, 0) is 48.2 Å². The highest BCUT2D eigenvalue weighted by molar-refractivity contribution is 5.68. The number of carbonyl (C=O) groups is 3. The van der Waals surface area contributed by atoms with E-state index in [1.54, 1.807) is 4.90 Å². The Hall–Kier alpha value is -5.42. The molecule has 4 N–H and O–H groups in total. The van der Waals surface area contributed by atoms with Gasteiger partial charge in [-0.05, 0) is 54.8 Å². The Balaban J connectivity index is 1.20. The number of ether oxygens (including phenoxy) is 6. The third-order valence-corrected chi connectivity index (χ3v) is 11.8. The molecule has 0 bridgehead atoms. The highest BCUT2D eigenvalue weighted by Gasteiger charge is 2.63.